The van der Waals surface area contributed by atoms with Gasteiger partial charge in [-0.3, -0.25) is 4.79 Å². The summed E-state index contributed by atoms with van der Waals surface area (Å²) in [5.41, 5.74) is -0.0526. The molecule has 18 heavy (non-hydrogen) atoms. The molecule has 0 atom stereocenters. The van der Waals surface area contributed by atoms with Crippen LogP contribution in [-0.2, 0) is 0 Å². The summed E-state index contributed by atoms with van der Waals surface area (Å²) in [6.07, 6.45) is 3.36. The first-order valence-corrected chi connectivity index (χ1v) is 5.52. The zero-order valence-corrected chi connectivity index (χ0v) is 10.1. The highest BCUT2D eigenvalue weighted by Gasteiger charge is 2.28. The molecule has 0 unspecified atom stereocenters. The Balaban J connectivity index is 2.36. The minimum Gasteiger partial charge on any atom is -0.486 e. The Bertz CT molecular complexity index is 497. The van der Waals surface area contributed by atoms with Crippen LogP contribution in [0, 0.1) is 10.1 Å². The average Bonchev–Trinajstić information content (AvgIpc) is 3.11. The molecule has 0 spiro atoms. The van der Waals surface area contributed by atoms with Crippen molar-refractivity contribution in [2.24, 2.45) is 0 Å². The maximum Gasteiger partial charge on any atom is 0.376 e. The van der Waals surface area contributed by atoms with E-state index in [1.54, 1.807) is 0 Å². The zero-order valence-electron chi connectivity index (χ0n) is 10.1. The van der Waals surface area contributed by atoms with Crippen molar-refractivity contribution in [3.05, 3.63) is 27.9 Å². The minimum atomic E-state index is -0.669. The lowest BCUT2D eigenvalue weighted by Crippen LogP contribution is -2.23. The second-order valence-electron chi connectivity index (χ2n) is 4.32. The van der Waals surface area contributed by atoms with Crippen LogP contribution in [-0.4, -0.2) is 40.9 Å². The Hall–Kier alpha value is -2.18. The highest BCUT2D eigenvalue weighted by Crippen LogP contribution is 2.29. The quantitative estimate of drug-likeness (QED) is 0.593. The van der Waals surface area contributed by atoms with Gasteiger partial charge < -0.3 is 19.8 Å². The Morgan fingerprint density at radius 3 is 2.72 bits per heavy atom. The van der Waals surface area contributed by atoms with Crippen molar-refractivity contribution in [2.45, 2.75) is 18.9 Å². The van der Waals surface area contributed by atoms with Gasteiger partial charge in [0.15, 0.2) is 11.9 Å². The monoisotopic (exact) mass is 251 g/mol. The standard InChI is InChI=1S/C11H13N3O4/c1-13(2)11(15)9-5-8(18-7-3-4-7)6-12-10(9)14(16)17/h5-7H,3-4H2,1-2H3. The molecule has 1 aliphatic rings. The van der Waals surface area contributed by atoms with Gasteiger partial charge in [0.25, 0.3) is 5.91 Å². The summed E-state index contributed by atoms with van der Waals surface area (Å²) in [4.78, 5) is 27.0. The van der Waals surface area contributed by atoms with E-state index in [0.29, 0.717) is 5.75 Å². The number of carbonyl (C=O) groups is 1. The molecule has 1 aromatic heterocycles. The summed E-state index contributed by atoms with van der Waals surface area (Å²) in [7, 11) is 3.06. The SMILES string of the molecule is CN(C)C(=O)c1cc(OC2CC2)cnc1[N+](=O)[O-]. The Morgan fingerprint density at radius 1 is 1.56 bits per heavy atom. The van der Waals surface area contributed by atoms with Crippen LogP contribution in [0.15, 0.2) is 12.3 Å². The number of hydrogen-bond acceptors (Lipinski definition) is 5. The van der Waals surface area contributed by atoms with E-state index in [4.69, 9.17) is 4.74 Å². The molecule has 0 aromatic carbocycles. The number of aromatic nitrogens is 1. The molecule has 96 valence electrons. The van der Waals surface area contributed by atoms with Gasteiger partial charge in [-0.25, -0.2) is 0 Å². The van der Waals surface area contributed by atoms with Gasteiger partial charge in [-0.05, 0) is 22.7 Å². The molecule has 0 saturated heterocycles. The van der Waals surface area contributed by atoms with E-state index in [1.807, 2.05) is 0 Å². The number of nitrogens with zero attached hydrogens (tertiary/aromatic N) is 3. The normalized spacial score (nSPS) is 14.1. The molecule has 1 amide bonds. The van der Waals surface area contributed by atoms with Crippen molar-refractivity contribution in [1.29, 1.82) is 0 Å². The van der Waals surface area contributed by atoms with Gasteiger partial charge in [0.2, 0.25) is 0 Å². The molecule has 1 aliphatic carbocycles. The molecule has 2 rings (SSSR count). The van der Waals surface area contributed by atoms with Gasteiger partial charge in [-0.1, -0.05) is 0 Å². The predicted molar refractivity (Wildman–Crippen MR) is 62.6 cm³/mol. The third-order valence-corrected chi connectivity index (χ3v) is 2.48. The number of hydrogen-bond donors (Lipinski definition) is 0. The summed E-state index contributed by atoms with van der Waals surface area (Å²) < 4.78 is 5.47. The van der Waals surface area contributed by atoms with E-state index in [1.165, 1.54) is 31.3 Å². The molecule has 0 bridgehead atoms. The van der Waals surface area contributed by atoms with Crippen LogP contribution in [0.5, 0.6) is 5.75 Å². The van der Waals surface area contributed by atoms with Crippen molar-refractivity contribution >= 4 is 11.7 Å². The highest BCUT2D eigenvalue weighted by atomic mass is 16.6. The molecule has 0 N–H and O–H groups in total. The molecular weight excluding hydrogens is 238 g/mol. The van der Waals surface area contributed by atoms with Crippen molar-refractivity contribution in [3.63, 3.8) is 0 Å². The van der Waals surface area contributed by atoms with Crippen LogP contribution in [0.4, 0.5) is 5.82 Å². The zero-order chi connectivity index (χ0) is 13.3. The van der Waals surface area contributed by atoms with Crippen molar-refractivity contribution in [3.8, 4) is 5.75 Å². The van der Waals surface area contributed by atoms with E-state index >= 15 is 0 Å². The fourth-order valence-corrected chi connectivity index (χ4v) is 1.42. The second kappa shape index (κ2) is 4.59. The van der Waals surface area contributed by atoms with Gasteiger partial charge in [0, 0.05) is 20.2 Å². The largest absolute Gasteiger partial charge is 0.486 e. The Kier molecular flexibility index (Phi) is 3.14. The van der Waals surface area contributed by atoms with Gasteiger partial charge in [-0.15, -0.1) is 0 Å². The van der Waals surface area contributed by atoms with Crippen LogP contribution in [0.25, 0.3) is 0 Å². The van der Waals surface area contributed by atoms with E-state index < -0.39 is 16.6 Å². The lowest BCUT2D eigenvalue weighted by molar-refractivity contribution is -0.389. The lowest BCUT2D eigenvalue weighted by atomic mass is 10.2. The van der Waals surface area contributed by atoms with Gasteiger partial charge in [0.05, 0.1) is 6.10 Å². The van der Waals surface area contributed by atoms with Crippen LogP contribution >= 0.6 is 0 Å². The minimum absolute atomic E-state index is 0.0526. The van der Waals surface area contributed by atoms with Gasteiger partial charge >= 0.3 is 5.82 Å². The van der Waals surface area contributed by atoms with Crippen LogP contribution < -0.4 is 4.74 Å². The number of nitro groups is 1. The summed E-state index contributed by atoms with van der Waals surface area (Å²) in [5, 5.41) is 10.8. The van der Waals surface area contributed by atoms with Crippen molar-refractivity contribution < 1.29 is 14.5 Å². The first-order valence-electron chi connectivity index (χ1n) is 5.52. The number of amides is 1. The molecule has 1 heterocycles. The first kappa shape index (κ1) is 12.3. The summed E-state index contributed by atoms with van der Waals surface area (Å²) in [5.74, 6) is -0.513. The summed E-state index contributed by atoms with van der Waals surface area (Å²) >= 11 is 0. The Morgan fingerprint density at radius 2 is 2.22 bits per heavy atom. The molecule has 0 aliphatic heterocycles. The molecule has 0 radical (unpaired) electrons. The first-order chi connectivity index (χ1) is 8.49. The third kappa shape index (κ3) is 2.55. The average molecular weight is 251 g/mol. The molecule has 1 saturated carbocycles. The lowest BCUT2D eigenvalue weighted by Gasteiger charge is -2.11. The van der Waals surface area contributed by atoms with Crippen molar-refractivity contribution in [1.82, 2.24) is 9.88 Å². The number of pyridine rings is 1. The fraction of sp³-hybridized carbons (Fsp3) is 0.455. The van der Waals surface area contributed by atoms with Crippen LogP contribution in [0.1, 0.15) is 23.2 Å². The van der Waals surface area contributed by atoms with E-state index in [9.17, 15) is 14.9 Å². The summed E-state index contributed by atoms with van der Waals surface area (Å²) in [6, 6.07) is 1.38. The molecule has 1 fully saturated rings. The Labute approximate surface area is 104 Å². The predicted octanol–water partition coefficient (Wildman–Crippen LogP) is 1.23. The fourth-order valence-electron chi connectivity index (χ4n) is 1.42. The van der Waals surface area contributed by atoms with Crippen LogP contribution in [0.2, 0.25) is 0 Å². The van der Waals surface area contributed by atoms with Gasteiger partial charge in [0.1, 0.15) is 5.56 Å². The van der Waals surface area contributed by atoms with E-state index in [0.717, 1.165) is 12.8 Å². The summed E-state index contributed by atoms with van der Waals surface area (Å²) in [6.45, 7) is 0. The molecule has 7 heteroatoms. The van der Waals surface area contributed by atoms with Crippen LogP contribution in [0.3, 0.4) is 0 Å². The number of rotatable bonds is 4. The van der Waals surface area contributed by atoms with Gasteiger partial charge in [-0.2, -0.15) is 0 Å². The van der Waals surface area contributed by atoms with E-state index in [-0.39, 0.29) is 11.7 Å². The molecule has 7 nitrogen and oxygen atoms in total. The number of carbonyl (C=O) groups excluding carboxylic acids is 1. The maximum atomic E-state index is 11.8. The second-order valence-corrected chi connectivity index (χ2v) is 4.32. The van der Waals surface area contributed by atoms with Crippen molar-refractivity contribution in [2.75, 3.05) is 14.1 Å². The topological polar surface area (TPSA) is 85.6 Å². The number of ether oxygens (including phenoxy) is 1. The smallest absolute Gasteiger partial charge is 0.376 e. The molecule has 1 aromatic rings. The highest BCUT2D eigenvalue weighted by molar-refractivity contribution is 5.97. The maximum absolute atomic E-state index is 11.8. The third-order valence-electron chi connectivity index (χ3n) is 2.48. The molecular formula is C11H13N3O4. The van der Waals surface area contributed by atoms with E-state index in [2.05, 4.69) is 4.98 Å².